The van der Waals surface area contributed by atoms with Crippen molar-refractivity contribution in [2.75, 3.05) is 17.2 Å². The zero-order chi connectivity index (χ0) is 15.4. The van der Waals surface area contributed by atoms with Crippen LogP contribution in [0.4, 0.5) is 24.7 Å². The zero-order valence-electron chi connectivity index (χ0n) is 11.1. The Bertz CT molecular complexity index is 656. The van der Waals surface area contributed by atoms with Gasteiger partial charge >= 0.3 is 0 Å². The maximum atomic E-state index is 13.5. The number of amides is 1. The Balaban J connectivity index is 2.34. The van der Waals surface area contributed by atoms with Gasteiger partial charge in [0.25, 0.3) is 5.91 Å². The number of para-hydroxylation sites is 1. The largest absolute Gasteiger partial charge is 0.370 e. The molecule has 2 rings (SSSR count). The molecule has 110 valence electrons. The van der Waals surface area contributed by atoms with Crippen molar-refractivity contribution in [1.29, 1.82) is 0 Å². The van der Waals surface area contributed by atoms with Gasteiger partial charge in [0.05, 0.1) is 11.8 Å². The molecular weight excluding hydrogens is 283 g/mol. The van der Waals surface area contributed by atoms with Gasteiger partial charge in [-0.15, -0.1) is 0 Å². The summed E-state index contributed by atoms with van der Waals surface area (Å²) in [6.45, 7) is 2.22. The highest BCUT2D eigenvalue weighted by atomic mass is 19.1. The first-order chi connectivity index (χ1) is 10.0. The summed E-state index contributed by atoms with van der Waals surface area (Å²) >= 11 is 0. The Morgan fingerprint density at radius 1 is 1.24 bits per heavy atom. The summed E-state index contributed by atoms with van der Waals surface area (Å²) in [6.07, 6.45) is 0.943. The Morgan fingerprint density at radius 2 is 1.90 bits per heavy atom. The third-order valence-corrected chi connectivity index (χ3v) is 2.64. The molecule has 0 saturated heterocycles. The van der Waals surface area contributed by atoms with Gasteiger partial charge in [-0.05, 0) is 25.1 Å². The van der Waals surface area contributed by atoms with Crippen molar-refractivity contribution in [3.63, 3.8) is 0 Å². The Kier molecular flexibility index (Phi) is 4.42. The topological polar surface area (TPSA) is 54.0 Å². The van der Waals surface area contributed by atoms with Gasteiger partial charge in [-0.1, -0.05) is 6.07 Å². The molecule has 0 aliphatic heterocycles. The molecule has 1 amide bonds. The van der Waals surface area contributed by atoms with E-state index in [4.69, 9.17) is 0 Å². The molecule has 21 heavy (non-hydrogen) atoms. The minimum atomic E-state index is -0.919. The maximum Gasteiger partial charge on any atom is 0.259 e. The van der Waals surface area contributed by atoms with E-state index >= 15 is 0 Å². The zero-order valence-corrected chi connectivity index (χ0v) is 11.1. The van der Waals surface area contributed by atoms with Crippen LogP contribution in [0.25, 0.3) is 0 Å². The molecule has 0 aliphatic rings. The molecule has 0 aliphatic carbocycles. The Labute approximate surface area is 119 Å². The smallest absolute Gasteiger partial charge is 0.259 e. The molecule has 0 bridgehead atoms. The predicted molar refractivity (Wildman–Crippen MR) is 72.7 cm³/mol. The van der Waals surface area contributed by atoms with Crippen LogP contribution in [0.15, 0.2) is 30.5 Å². The molecule has 0 unspecified atom stereocenters. The van der Waals surface area contributed by atoms with Crippen molar-refractivity contribution >= 4 is 17.4 Å². The lowest BCUT2D eigenvalue weighted by molar-refractivity contribution is 0.102. The number of nitrogens with zero attached hydrogens (tertiary/aromatic N) is 1. The fourth-order valence-corrected chi connectivity index (χ4v) is 1.72. The number of hydrogen-bond acceptors (Lipinski definition) is 3. The minimum absolute atomic E-state index is 0.133. The average Bonchev–Trinajstić information content (AvgIpc) is 2.45. The van der Waals surface area contributed by atoms with E-state index in [-0.39, 0.29) is 11.4 Å². The number of halogens is 3. The highest BCUT2D eigenvalue weighted by Gasteiger charge is 2.17. The Hall–Kier alpha value is -2.57. The lowest BCUT2D eigenvalue weighted by atomic mass is 10.2. The second-order valence-corrected chi connectivity index (χ2v) is 4.13. The maximum absolute atomic E-state index is 13.5. The first-order valence-electron chi connectivity index (χ1n) is 6.17. The number of nitrogens with one attached hydrogen (secondary N) is 2. The third kappa shape index (κ3) is 3.31. The van der Waals surface area contributed by atoms with Gasteiger partial charge in [-0.25, -0.2) is 18.2 Å². The fourth-order valence-electron chi connectivity index (χ4n) is 1.72. The van der Waals surface area contributed by atoms with Gasteiger partial charge in [-0.2, -0.15) is 0 Å². The van der Waals surface area contributed by atoms with Gasteiger partial charge in [0.1, 0.15) is 29.0 Å². The summed E-state index contributed by atoms with van der Waals surface area (Å²) in [5.74, 6) is -3.29. The number of carbonyl (C=O) groups excluding carboxylic acids is 1. The molecule has 1 aromatic carbocycles. The molecule has 7 heteroatoms. The van der Waals surface area contributed by atoms with Crippen LogP contribution in [0, 0.1) is 17.5 Å². The summed E-state index contributed by atoms with van der Waals surface area (Å²) in [4.78, 5) is 15.8. The summed E-state index contributed by atoms with van der Waals surface area (Å²) in [6, 6.07) is 4.13. The number of aromatic nitrogens is 1. The first-order valence-corrected chi connectivity index (χ1v) is 6.17. The molecular formula is C14H12F3N3O. The van der Waals surface area contributed by atoms with Crippen molar-refractivity contribution in [2.24, 2.45) is 0 Å². The molecule has 0 saturated carbocycles. The number of rotatable bonds is 4. The van der Waals surface area contributed by atoms with Crippen molar-refractivity contribution < 1.29 is 18.0 Å². The Morgan fingerprint density at radius 3 is 2.52 bits per heavy atom. The molecule has 1 aromatic heterocycles. The van der Waals surface area contributed by atoms with E-state index in [2.05, 4.69) is 15.6 Å². The molecule has 0 spiro atoms. The normalized spacial score (nSPS) is 10.3. The first kappa shape index (κ1) is 14.8. The molecule has 0 radical (unpaired) electrons. The number of anilines is 2. The number of hydrogen-bond donors (Lipinski definition) is 2. The summed E-state index contributed by atoms with van der Waals surface area (Å²) in [7, 11) is 0. The molecule has 4 nitrogen and oxygen atoms in total. The summed E-state index contributed by atoms with van der Waals surface area (Å²) in [5, 5.41) is 4.86. The average molecular weight is 295 g/mol. The van der Waals surface area contributed by atoms with E-state index in [1.165, 1.54) is 6.07 Å². The van der Waals surface area contributed by atoms with Gasteiger partial charge in [0.2, 0.25) is 0 Å². The number of carbonyl (C=O) groups is 1. The molecule has 2 N–H and O–H groups in total. The highest BCUT2D eigenvalue weighted by molar-refractivity contribution is 6.07. The van der Waals surface area contributed by atoms with E-state index in [9.17, 15) is 18.0 Å². The van der Waals surface area contributed by atoms with Gasteiger partial charge in [0.15, 0.2) is 0 Å². The number of benzene rings is 1. The van der Waals surface area contributed by atoms with Crippen LogP contribution >= 0.6 is 0 Å². The van der Waals surface area contributed by atoms with E-state index in [0.29, 0.717) is 6.54 Å². The monoisotopic (exact) mass is 295 g/mol. The SMILES string of the molecule is CCNc1ncc(F)cc1C(=O)Nc1c(F)cccc1F. The van der Waals surface area contributed by atoms with Crippen molar-refractivity contribution in [2.45, 2.75) is 6.92 Å². The van der Waals surface area contributed by atoms with Crippen molar-refractivity contribution in [1.82, 2.24) is 4.98 Å². The summed E-state index contributed by atoms with van der Waals surface area (Å²) in [5.41, 5.74) is -0.728. The quantitative estimate of drug-likeness (QED) is 0.911. The standard InChI is InChI=1S/C14H12F3N3O/c1-2-18-13-9(6-8(15)7-19-13)14(21)20-12-10(16)4-3-5-11(12)17/h3-7H,2H2,1H3,(H,18,19)(H,20,21). The van der Waals surface area contributed by atoms with Crippen LogP contribution in [-0.4, -0.2) is 17.4 Å². The summed E-state index contributed by atoms with van der Waals surface area (Å²) < 4.78 is 40.2. The van der Waals surface area contributed by atoms with Gasteiger partial charge in [0, 0.05) is 6.54 Å². The lowest BCUT2D eigenvalue weighted by Crippen LogP contribution is -2.17. The lowest BCUT2D eigenvalue weighted by Gasteiger charge is -2.11. The van der Waals surface area contributed by atoms with Crippen LogP contribution in [0.5, 0.6) is 0 Å². The van der Waals surface area contributed by atoms with E-state index in [0.717, 1.165) is 24.4 Å². The minimum Gasteiger partial charge on any atom is -0.370 e. The van der Waals surface area contributed by atoms with Crippen LogP contribution in [0.3, 0.4) is 0 Å². The van der Waals surface area contributed by atoms with Crippen LogP contribution in [-0.2, 0) is 0 Å². The predicted octanol–water partition coefficient (Wildman–Crippen LogP) is 3.18. The highest BCUT2D eigenvalue weighted by Crippen LogP contribution is 2.21. The van der Waals surface area contributed by atoms with Crippen molar-refractivity contribution in [3.8, 4) is 0 Å². The second-order valence-electron chi connectivity index (χ2n) is 4.13. The van der Waals surface area contributed by atoms with E-state index < -0.39 is 29.0 Å². The van der Waals surface area contributed by atoms with E-state index in [1.54, 1.807) is 6.92 Å². The molecule has 1 heterocycles. The van der Waals surface area contributed by atoms with Crippen LogP contribution in [0.1, 0.15) is 17.3 Å². The van der Waals surface area contributed by atoms with Crippen LogP contribution in [0.2, 0.25) is 0 Å². The fraction of sp³-hybridized carbons (Fsp3) is 0.143. The van der Waals surface area contributed by atoms with E-state index in [1.807, 2.05) is 0 Å². The molecule has 2 aromatic rings. The number of pyridine rings is 1. The molecule has 0 atom stereocenters. The third-order valence-electron chi connectivity index (χ3n) is 2.64. The molecule has 0 fully saturated rings. The van der Waals surface area contributed by atoms with Crippen molar-refractivity contribution in [3.05, 3.63) is 53.5 Å². The van der Waals surface area contributed by atoms with Crippen LogP contribution < -0.4 is 10.6 Å². The second kappa shape index (κ2) is 6.25. The van der Waals surface area contributed by atoms with Gasteiger partial charge < -0.3 is 10.6 Å². The van der Waals surface area contributed by atoms with Gasteiger partial charge in [-0.3, -0.25) is 4.79 Å².